The van der Waals surface area contributed by atoms with Crippen LogP contribution in [-0.2, 0) is 4.79 Å². The topological polar surface area (TPSA) is 58.2 Å². The van der Waals surface area contributed by atoms with Gasteiger partial charge in [-0.25, -0.2) is 4.79 Å². The highest BCUT2D eigenvalue weighted by Crippen LogP contribution is 2.28. The number of urea groups is 1. The van der Waals surface area contributed by atoms with Gasteiger partial charge in [0.1, 0.15) is 5.70 Å². The van der Waals surface area contributed by atoms with E-state index in [-0.39, 0.29) is 5.70 Å². The number of carbonyl (C=O) groups excluding carboxylic acids is 2. The molecule has 23 heavy (non-hydrogen) atoms. The van der Waals surface area contributed by atoms with Crippen LogP contribution in [-0.4, -0.2) is 11.9 Å². The van der Waals surface area contributed by atoms with Crippen molar-refractivity contribution in [3.8, 4) is 11.1 Å². The first kappa shape index (κ1) is 15.0. The van der Waals surface area contributed by atoms with Crippen LogP contribution in [0.4, 0.5) is 4.79 Å². The fourth-order valence-electron chi connectivity index (χ4n) is 2.65. The van der Waals surface area contributed by atoms with E-state index in [2.05, 4.69) is 42.7 Å². The third-order valence-electron chi connectivity index (χ3n) is 3.84. The van der Waals surface area contributed by atoms with E-state index in [1.54, 1.807) is 6.08 Å². The number of amides is 3. The van der Waals surface area contributed by atoms with Crippen molar-refractivity contribution in [2.24, 2.45) is 0 Å². The number of hydrogen-bond donors (Lipinski definition) is 2. The first-order valence-corrected chi connectivity index (χ1v) is 7.58. The van der Waals surface area contributed by atoms with Gasteiger partial charge in [-0.3, -0.25) is 10.1 Å². The van der Waals surface area contributed by atoms with Crippen molar-refractivity contribution in [2.45, 2.75) is 19.8 Å². The molecule has 2 N–H and O–H groups in total. The van der Waals surface area contributed by atoms with E-state index in [9.17, 15) is 9.59 Å². The number of rotatable bonds is 3. The van der Waals surface area contributed by atoms with Crippen molar-refractivity contribution in [3.63, 3.8) is 0 Å². The van der Waals surface area contributed by atoms with Crippen LogP contribution in [0, 0.1) is 0 Å². The molecule has 3 amide bonds. The van der Waals surface area contributed by atoms with Crippen molar-refractivity contribution in [3.05, 3.63) is 65.4 Å². The van der Waals surface area contributed by atoms with Gasteiger partial charge in [0.05, 0.1) is 0 Å². The Morgan fingerprint density at radius 1 is 0.913 bits per heavy atom. The number of carbonyl (C=O) groups is 2. The Morgan fingerprint density at radius 2 is 1.65 bits per heavy atom. The molecule has 0 saturated carbocycles. The highest BCUT2D eigenvalue weighted by molar-refractivity contribution is 6.14. The summed E-state index contributed by atoms with van der Waals surface area (Å²) in [5.74, 6) is -0.0949. The molecule has 1 saturated heterocycles. The molecule has 1 fully saturated rings. The zero-order valence-electron chi connectivity index (χ0n) is 13.1. The average Bonchev–Trinajstić information content (AvgIpc) is 2.86. The molecule has 2 aromatic rings. The fraction of sp³-hybridized carbons (Fsp3) is 0.158. The van der Waals surface area contributed by atoms with Gasteiger partial charge in [-0.05, 0) is 34.2 Å². The predicted molar refractivity (Wildman–Crippen MR) is 90.6 cm³/mol. The van der Waals surface area contributed by atoms with Crippen LogP contribution in [0.25, 0.3) is 17.2 Å². The minimum Gasteiger partial charge on any atom is -0.303 e. The van der Waals surface area contributed by atoms with Gasteiger partial charge in [-0.15, -0.1) is 0 Å². The molecule has 0 aromatic heterocycles. The van der Waals surface area contributed by atoms with Crippen LogP contribution in [0.15, 0.2) is 54.2 Å². The number of benzene rings is 2. The number of nitrogens with one attached hydrogen (secondary N) is 2. The Bertz CT molecular complexity index is 792. The standard InChI is InChI=1S/C19H18N2O2/c1-12(2)16-10-14(13-6-4-3-5-7-13)8-9-15(16)11-17-18(22)21-19(23)20-17/h3-12H,1-2H3,(H2,20,21,22,23)/b17-11+. The summed E-state index contributed by atoms with van der Waals surface area (Å²) >= 11 is 0. The monoisotopic (exact) mass is 306 g/mol. The molecule has 0 radical (unpaired) electrons. The summed E-state index contributed by atoms with van der Waals surface area (Å²) in [6, 6.07) is 15.8. The quantitative estimate of drug-likeness (QED) is 0.671. The Labute approximate surface area is 135 Å². The molecule has 1 aliphatic rings. The molecule has 0 atom stereocenters. The molecule has 4 nitrogen and oxygen atoms in total. The van der Waals surface area contributed by atoms with Crippen molar-refractivity contribution in [2.75, 3.05) is 0 Å². The maximum atomic E-state index is 11.7. The molecule has 0 unspecified atom stereocenters. The van der Waals surface area contributed by atoms with E-state index in [1.807, 2.05) is 30.3 Å². The van der Waals surface area contributed by atoms with E-state index in [0.29, 0.717) is 5.92 Å². The maximum absolute atomic E-state index is 11.7. The maximum Gasteiger partial charge on any atom is 0.326 e. The van der Waals surface area contributed by atoms with E-state index in [0.717, 1.165) is 22.3 Å². The lowest BCUT2D eigenvalue weighted by Crippen LogP contribution is -2.22. The lowest BCUT2D eigenvalue weighted by molar-refractivity contribution is -0.115. The molecule has 0 aliphatic carbocycles. The van der Waals surface area contributed by atoms with Gasteiger partial charge in [0.15, 0.2) is 0 Å². The van der Waals surface area contributed by atoms with Gasteiger partial charge < -0.3 is 5.32 Å². The molecular formula is C19H18N2O2. The molecule has 3 rings (SSSR count). The van der Waals surface area contributed by atoms with Gasteiger partial charge in [0, 0.05) is 0 Å². The predicted octanol–water partition coefficient (Wildman–Crippen LogP) is 3.66. The summed E-state index contributed by atoms with van der Waals surface area (Å²) in [5.41, 5.74) is 4.64. The molecular weight excluding hydrogens is 288 g/mol. The Kier molecular flexibility index (Phi) is 3.98. The van der Waals surface area contributed by atoms with Crippen molar-refractivity contribution in [1.82, 2.24) is 10.6 Å². The van der Waals surface area contributed by atoms with E-state index < -0.39 is 11.9 Å². The van der Waals surface area contributed by atoms with Crippen molar-refractivity contribution < 1.29 is 9.59 Å². The molecule has 1 aliphatic heterocycles. The minimum atomic E-state index is -0.478. The largest absolute Gasteiger partial charge is 0.326 e. The summed E-state index contributed by atoms with van der Waals surface area (Å²) in [6.07, 6.45) is 1.73. The second kappa shape index (κ2) is 6.08. The Balaban J connectivity index is 2.03. The summed E-state index contributed by atoms with van der Waals surface area (Å²) in [5, 5.41) is 4.74. The van der Waals surface area contributed by atoms with Crippen LogP contribution in [0.1, 0.15) is 30.9 Å². The van der Waals surface area contributed by atoms with Gasteiger partial charge in [0.25, 0.3) is 5.91 Å². The van der Waals surface area contributed by atoms with E-state index in [4.69, 9.17) is 0 Å². The first-order chi connectivity index (χ1) is 11.0. The lowest BCUT2D eigenvalue weighted by Gasteiger charge is -2.13. The van der Waals surface area contributed by atoms with Crippen LogP contribution >= 0.6 is 0 Å². The van der Waals surface area contributed by atoms with Gasteiger partial charge in [-0.2, -0.15) is 0 Å². The molecule has 2 aromatic carbocycles. The third kappa shape index (κ3) is 3.16. The summed E-state index contributed by atoms with van der Waals surface area (Å²) < 4.78 is 0. The zero-order chi connectivity index (χ0) is 16.4. The summed E-state index contributed by atoms with van der Waals surface area (Å²) in [6.45, 7) is 4.22. The Hall–Kier alpha value is -2.88. The van der Waals surface area contributed by atoms with Crippen LogP contribution in [0.2, 0.25) is 0 Å². The lowest BCUT2D eigenvalue weighted by atomic mass is 9.92. The Morgan fingerprint density at radius 3 is 2.26 bits per heavy atom. The molecule has 116 valence electrons. The smallest absolute Gasteiger partial charge is 0.303 e. The number of hydrogen-bond acceptors (Lipinski definition) is 2. The molecule has 0 bridgehead atoms. The van der Waals surface area contributed by atoms with Gasteiger partial charge in [-0.1, -0.05) is 62.4 Å². The van der Waals surface area contributed by atoms with Gasteiger partial charge >= 0.3 is 6.03 Å². The summed E-state index contributed by atoms with van der Waals surface area (Å²) in [4.78, 5) is 22.9. The van der Waals surface area contributed by atoms with Crippen molar-refractivity contribution >= 4 is 18.0 Å². The zero-order valence-corrected chi connectivity index (χ0v) is 13.1. The van der Waals surface area contributed by atoms with Crippen molar-refractivity contribution in [1.29, 1.82) is 0 Å². The van der Waals surface area contributed by atoms with E-state index in [1.165, 1.54) is 0 Å². The summed E-state index contributed by atoms with van der Waals surface area (Å²) in [7, 11) is 0. The average molecular weight is 306 g/mol. The highest BCUT2D eigenvalue weighted by atomic mass is 16.2. The van der Waals surface area contributed by atoms with Crippen LogP contribution in [0.5, 0.6) is 0 Å². The molecule has 1 heterocycles. The highest BCUT2D eigenvalue weighted by Gasteiger charge is 2.23. The molecule has 4 heteroatoms. The fourth-order valence-corrected chi connectivity index (χ4v) is 2.65. The number of imide groups is 1. The van der Waals surface area contributed by atoms with Crippen LogP contribution < -0.4 is 10.6 Å². The second-order valence-corrected chi connectivity index (χ2v) is 5.83. The van der Waals surface area contributed by atoms with Gasteiger partial charge in [0.2, 0.25) is 0 Å². The first-order valence-electron chi connectivity index (χ1n) is 7.58. The second-order valence-electron chi connectivity index (χ2n) is 5.83. The van der Waals surface area contributed by atoms with E-state index >= 15 is 0 Å². The normalized spacial score (nSPS) is 15.9. The molecule has 0 spiro atoms. The third-order valence-corrected chi connectivity index (χ3v) is 3.84. The SMILES string of the molecule is CC(C)c1cc(-c2ccccc2)ccc1/C=C1/NC(=O)NC1=O. The van der Waals surface area contributed by atoms with Crippen LogP contribution in [0.3, 0.4) is 0 Å². The minimum absolute atomic E-state index is 0.282.